The minimum absolute atomic E-state index is 0.109. The number of Topliss-reactive ketones (excluding diaryl/α,β-unsaturated/α-hetero) is 1. The van der Waals surface area contributed by atoms with Gasteiger partial charge in [-0.15, -0.1) is 0 Å². The molecule has 0 N–H and O–H groups in total. The number of carbonyl (C=O) groups is 2. The van der Waals surface area contributed by atoms with Crippen molar-refractivity contribution >= 4 is 23.4 Å². The third-order valence-electron chi connectivity index (χ3n) is 4.19. The Labute approximate surface area is 173 Å². The van der Waals surface area contributed by atoms with Gasteiger partial charge >= 0.3 is 5.97 Å². The van der Waals surface area contributed by atoms with Crippen molar-refractivity contribution in [1.29, 1.82) is 0 Å². The van der Waals surface area contributed by atoms with Crippen LogP contribution in [0.1, 0.15) is 33.2 Å². The van der Waals surface area contributed by atoms with Gasteiger partial charge in [0.2, 0.25) is 0 Å². The van der Waals surface area contributed by atoms with Gasteiger partial charge in [0.25, 0.3) is 0 Å². The van der Waals surface area contributed by atoms with E-state index in [0.717, 1.165) is 5.56 Å². The number of para-hydroxylation sites is 1. The van der Waals surface area contributed by atoms with Crippen molar-refractivity contribution in [2.45, 2.75) is 13.5 Å². The second kappa shape index (κ2) is 9.26. The number of halogens is 1. The Morgan fingerprint density at radius 2 is 1.62 bits per heavy atom. The van der Waals surface area contributed by atoms with Crippen molar-refractivity contribution < 1.29 is 23.8 Å². The van der Waals surface area contributed by atoms with Gasteiger partial charge in [-0.3, -0.25) is 4.79 Å². The molecule has 0 aromatic heterocycles. The lowest BCUT2D eigenvalue weighted by Crippen LogP contribution is -2.11. The summed E-state index contributed by atoms with van der Waals surface area (Å²) >= 11 is 5.89. The fourth-order valence-corrected chi connectivity index (χ4v) is 2.75. The SMILES string of the molecule is COc1cc(C(C)=O)ccc1OC(=O)c1ccccc1OCc1ccc(Cl)cc1. The Morgan fingerprint density at radius 1 is 0.897 bits per heavy atom. The minimum atomic E-state index is -0.592. The van der Waals surface area contributed by atoms with Crippen molar-refractivity contribution in [2.24, 2.45) is 0 Å². The van der Waals surface area contributed by atoms with Gasteiger partial charge in [0.05, 0.1) is 7.11 Å². The lowest BCUT2D eigenvalue weighted by molar-refractivity contribution is 0.0724. The van der Waals surface area contributed by atoms with Crippen LogP contribution in [-0.2, 0) is 6.61 Å². The topological polar surface area (TPSA) is 61.8 Å². The molecule has 0 saturated carbocycles. The van der Waals surface area contributed by atoms with E-state index in [1.54, 1.807) is 42.5 Å². The van der Waals surface area contributed by atoms with Gasteiger partial charge in [-0.2, -0.15) is 0 Å². The van der Waals surface area contributed by atoms with Crippen LogP contribution in [0.25, 0.3) is 0 Å². The summed E-state index contributed by atoms with van der Waals surface area (Å²) in [5.74, 6) is 0.208. The van der Waals surface area contributed by atoms with Crippen molar-refractivity contribution in [1.82, 2.24) is 0 Å². The highest BCUT2D eigenvalue weighted by Gasteiger charge is 2.18. The van der Waals surface area contributed by atoms with Crippen molar-refractivity contribution in [2.75, 3.05) is 7.11 Å². The van der Waals surface area contributed by atoms with E-state index >= 15 is 0 Å². The molecule has 0 spiro atoms. The molecule has 0 amide bonds. The van der Waals surface area contributed by atoms with E-state index in [4.69, 9.17) is 25.8 Å². The summed E-state index contributed by atoms with van der Waals surface area (Å²) < 4.78 is 16.5. The fraction of sp³-hybridized carbons (Fsp3) is 0.130. The standard InChI is InChI=1S/C23H19ClO5/c1-15(25)17-9-12-21(22(13-17)27-2)29-23(26)19-5-3-4-6-20(19)28-14-16-7-10-18(24)11-8-16/h3-13H,14H2,1-2H3. The number of ketones is 1. The first-order chi connectivity index (χ1) is 14.0. The van der Waals surface area contributed by atoms with Gasteiger partial charge in [0, 0.05) is 10.6 Å². The largest absolute Gasteiger partial charge is 0.493 e. The summed E-state index contributed by atoms with van der Waals surface area (Å²) in [7, 11) is 1.44. The van der Waals surface area contributed by atoms with E-state index in [-0.39, 0.29) is 23.7 Å². The number of ether oxygens (including phenoxy) is 3. The number of methoxy groups -OCH3 is 1. The van der Waals surface area contributed by atoms with E-state index < -0.39 is 5.97 Å². The van der Waals surface area contributed by atoms with Crippen LogP contribution in [0.3, 0.4) is 0 Å². The molecule has 3 rings (SSSR count). The van der Waals surface area contributed by atoms with Crippen LogP contribution in [0.4, 0.5) is 0 Å². The maximum absolute atomic E-state index is 12.7. The summed E-state index contributed by atoms with van der Waals surface area (Å²) in [5, 5.41) is 0.641. The molecule has 0 bridgehead atoms. The Hall–Kier alpha value is -3.31. The average molecular weight is 411 g/mol. The van der Waals surface area contributed by atoms with Crippen LogP contribution in [-0.4, -0.2) is 18.9 Å². The van der Waals surface area contributed by atoms with E-state index in [1.165, 1.54) is 26.2 Å². The lowest BCUT2D eigenvalue weighted by Gasteiger charge is -2.13. The first-order valence-electron chi connectivity index (χ1n) is 8.85. The van der Waals surface area contributed by atoms with Crippen molar-refractivity contribution in [3.05, 3.63) is 88.4 Å². The van der Waals surface area contributed by atoms with Gasteiger partial charge < -0.3 is 14.2 Å². The summed E-state index contributed by atoms with van der Waals surface area (Å²) in [6, 6.07) is 18.7. The first kappa shape index (κ1) is 20.4. The molecule has 0 atom stereocenters. The van der Waals surface area contributed by atoms with Crippen LogP contribution in [0.5, 0.6) is 17.2 Å². The zero-order valence-corrected chi connectivity index (χ0v) is 16.7. The zero-order valence-electron chi connectivity index (χ0n) is 16.0. The Kier molecular flexibility index (Phi) is 6.52. The number of carbonyl (C=O) groups excluding carboxylic acids is 2. The summed E-state index contributed by atoms with van der Waals surface area (Å²) in [6.45, 7) is 1.73. The molecule has 148 valence electrons. The van der Waals surface area contributed by atoms with Crippen molar-refractivity contribution in [3.8, 4) is 17.2 Å². The van der Waals surface area contributed by atoms with E-state index in [0.29, 0.717) is 22.1 Å². The van der Waals surface area contributed by atoms with Gasteiger partial charge in [0.15, 0.2) is 17.3 Å². The molecular formula is C23H19ClO5. The molecule has 29 heavy (non-hydrogen) atoms. The molecule has 0 fully saturated rings. The summed E-state index contributed by atoms with van der Waals surface area (Å²) in [4.78, 5) is 24.3. The number of benzene rings is 3. The summed E-state index contributed by atoms with van der Waals surface area (Å²) in [6.07, 6.45) is 0. The number of hydrogen-bond donors (Lipinski definition) is 0. The lowest BCUT2D eigenvalue weighted by atomic mass is 10.1. The molecule has 0 heterocycles. The number of hydrogen-bond acceptors (Lipinski definition) is 5. The Balaban J connectivity index is 1.78. The maximum atomic E-state index is 12.7. The smallest absolute Gasteiger partial charge is 0.347 e. The molecule has 6 heteroatoms. The molecule has 0 radical (unpaired) electrons. The van der Waals surface area contributed by atoms with Crippen LogP contribution in [0.2, 0.25) is 5.02 Å². The molecule has 0 aliphatic rings. The highest BCUT2D eigenvalue weighted by Crippen LogP contribution is 2.30. The Morgan fingerprint density at radius 3 is 2.31 bits per heavy atom. The van der Waals surface area contributed by atoms with E-state index in [9.17, 15) is 9.59 Å². The first-order valence-corrected chi connectivity index (χ1v) is 9.23. The highest BCUT2D eigenvalue weighted by molar-refractivity contribution is 6.30. The quantitative estimate of drug-likeness (QED) is 0.298. The Bertz CT molecular complexity index is 1030. The minimum Gasteiger partial charge on any atom is -0.493 e. The summed E-state index contributed by atoms with van der Waals surface area (Å²) in [5.41, 5.74) is 1.66. The second-order valence-electron chi connectivity index (χ2n) is 6.22. The highest BCUT2D eigenvalue weighted by atomic mass is 35.5. The van der Waals surface area contributed by atoms with E-state index in [1.807, 2.05) is 12.1 Å². The molecule has 3 aromatic carbocycles. The fourth-order valence-electron chi connectivity index (χ4n) is 2.63. The predicted octanol–water partition coefficient (Wildman–Crippen LogP) is 5.35. The third-order valence-corrected chi connectivity index (χ3v) is 4.44. The molecule has 0 unspecified atom stereocenters. The van der Waals surface area contributed by atoms with Crippen molar-refractivity contribution in [3.63, 3.8) is 0 Å². The number of esters is 1. The van der Waals surface area contributed by atoms with Crippen LogP contribution in [0.15, 0.2) is 66.7 Å². The van der Waals surface area contributed by atoms with Crippen LogP contribution in [0, 0.1) is 0 Å². The van der Waals surface area contributed by atoms with Gasteiger partial charge in [-0.25, -0.2) is 4.79 Å². The average Bonchev–Trinajstić information content (AvgIpc) is 2.73. The van der Waals surface area contributed by atoms with E-state index in [2.05, 4.69) is 0 Å². The molecule has 3 aromatic rings. The normalized spacial score (nSPS) is 10.3. The number of rotatable bonds is 7. The third kappa shape index (κ3) is 5.15. The zero-order chi connectivity index (χ0) is 20.8. The molecule has 0 aliphatic carbocycles. The van der Waals surface area contributed by atoms with Gasteiger partial charge in [-0.05, 0) is 55.0 Å². The predicted molar refractivity (Wildman–Crippen MR) is 110 cm³/mol. The second-order valence-corrected chi connectivity index (χ2v) is 6.66. The van der Waals surface area contributed by atoms with Crippen LogP contribution < -0.4 is 14.2 Å². The molecule has 0 aliphatic heterocycles. The maximum Gasteiger partial charge on any atom is 0.347 e. The monoisotopic (exact) mass is 410 g/mol. The van der Waals surface area contributed by atoms with Gasteiger partial charge in [0.1, 0.15) is 17.9 Å². The molecule has 0 saturated heterocycles. The van der Waals surface area contributed by atoms with Crippen LogP contribution >= 0.6 is 11.6 Å². The van der Waals surface area contributed by atoms with Gasteiger partial charge in [-0.1, -0.05) is 35.9 Å². The molecule has 5 nitrogen and oxygen atoms in total. The molecular weight excluding hydrogens is 392 g/mol.